The molecule has 7 nitrogen and oxygen atoms in total. The number of hydrogen-bond donors (Lipinski definition) is 3. The Morgan fingerprint density at radius 2 is 2.47 bits per heavy atom. The van der Waals surface area contributed by atoms with Crippen molar-refractivity contribution in [2.45, 2.75) is 12.8 Å². The van der Waals surface area contributed by atoms with Gasteiger partial charge in [0.05, 0.1) is 0 Å². The Bertz CT molecular complexity index is 479. The third-order valence-corrected chi connectivity index (χ3v) is 2.77. The molecule has 0 atom stereocenters. The maximum Gasteiger partial charge on any atom is 0.270 e. The van der Waals surface area contributed by atoms with E-state index in [-0.39, 0.29) is 5.91 Å². The third kappa shape index (κ3) is 3.25. The van der Waals surface area contributed by atoms with Crippen LogP contribution in [0.4, 0.5) is 5.13 Å². The highest BCUT2D eigenvalue weighted by molar-refractivity contribution is 7.13. The maximum absolute atomic E-state index is 11.6. The first kappa shape index (κ1) is 11.5. The summed E-state index contributed by atoms with van der Waals surface area (Å²) < 4.78 is 0. The predicted molar refractivity (Wildman–Crippen MR) is 63.6 cm³/mol. The van der Waals surface area contributed by atoms with E-state index in [0.717, 1.165) is 18.7 Å². The fourth-order valence-corrected chi connectivity index (χ4v) is 1.83. The molecule has 1 amide bonds. The molecule has 0 radical (unpaired) electrons. The van der Waals surface area contributed by atoms with Gasteiger partial charge in [-0.05, 0) is 6.42 Å². The largest absolute Gasteiger partial charge is 0.375 e. The van der Waals surface area contributed by atoms with Crippen molar-refractivity contribution in [3.8, 4) is 0 Å². The van der Waals surface area contributed by atoms with Gasteiger partial charge in [-0.1, -0.05) is 0 Å². The Kier molecular flexibility index (Phi) is 3.66. The molecule has 0 spiro atoms. The van der Waals surface area contributed by atoms with Crippen LogP contribution in [0.25, 0.3) is 0 Å². The van der Waals surface area contributed by atoms with E-state index in [1.54, 1.807) is 5.38 Å². The Labute approximate surface area is 101 Å². The lowest BCUT2D eigenvalue weighted by Crippen LogP contribution is -2.25. The first-order valence-electron chi connectivity index (χ1n) is 5.09. The number of aromatic nitrogens is 4. The van der Waals surface area contributed by atoms with Crippen molar-refractivity contribution in [1.29, 1.82) is 0 Å². The molecule has 0 aliphatic heterocycles. The molecule has 0 fully saturated rings. The lowest BCUT2D eigenvalue weighted by Gasteiger charge is -2.01. The summed E-state index contributed by atoms with van der Waals surface area (Å²) in [5.41, 5.74) is 5.81. The second-order valence-corrected chi connectivity index (χ2v) is 4.25. The van der Waals surface area contributed by atoms with Crippen LogP contribution in [0.1, 0.15) is 22.7 Å². The van der Waals surface area contributed by atoms with Crippen LogP contribution in [0.2, 0.25) is 0 Å². The number of thiazole rings is 1. The number of nitrogens with zero attached hydrogens (tertiary/aromatic N) is 3. The highest BCUT2D eigenvalue weighted by Crippen LogP contribution is 2.10. The second kappa shape index (κ2) is 5.39. The highest BCUT2D eigenvalue weighted by atomic mass is 32.1. The first-order chi connectivity index (χ1) is 8.25. The number of nitrogens with one attached hydrogen (secondary N) is 2. The van der Waals surface area contributed by atoms with Crippen LogP contribution in [0, 0.1) is 0 Å². The summed E-state index contributed by atoms with van der Waals surface area (Å²) in [5.74, 6) is 0.618. The number of nitrogen functional groups attached to an aromatic ring is 1. The first-order valence-corrected chi connectivity index (χ1v) is 5.97. The quantitative estimate of drug-likeness (QED) is 0.659. The SMILES string of the molecule is Nc1nc(C(=O)NCCCc2ncn[nH]2)cs1. The van der Waals surface area contributed by atoms with Gasteiger partial charge in [0.15, 0.2) is 5.13 Å². The molecule has 17 heavy (non-hydrogen) atoms. The zero-order valence-electron chi connectivity index (χ0n) is 9.01. The van der Waals surface area contributed by atoms with Crippen LogP contribution < -0.4 is 11.1 Å². The van der Waals surface area contributed by atoms with Gasteiger partial charge in [-0.15, -0.1) is 11.3 Å². The molecular weight excluding hydrogens is 240 g/mol. The lowest BCUT2D eigenvalue weighted by atomic mass is 10.3. The average molecular weight is 252 g/mol. The van der Waals surface area contributed by atoms with Crippen molar-refractivity contribution in [1.82, 2.24) is 25.5 Å². The van der Waals surface area contributed by atoms with Crippen molar-refractivity contribution >= 4 is 22.4 Å². The molecule has 2 rings (SSSR count). The second-order valence-electron chi connectivity index (χ2n) is 3.36. The standard InChI is InChI=1S/C9H12N6OS/c10-9-14-6(4-17-9)8(16)11-3-1-2-7-12-5-13-15-7/h4-5H,1-3H2,(H2,10,14)(H,11,16)(H,12,13,15). The molecule has 4 N–H and O–H groups in total. The fraction of sp³-hybridized carbons (Fsp3) is 0.333. The molecule has 2 aromatic rings. The predicted octanol–water partition coefficient (Wildman–Crippen LogP) is 0.206. The van der Waals surface area contributed by atoms with Gasteiger partial charge in [-0.3, -0.25) is 9.89 Å². The van der Waals surface area contributed by atoms with Crippen LogP contribution >= 0.6 is 11.3 Å². The van der Waals surface area contributed by atoms with E-state index in [0.29, 0.717) is 17.4 Å². The van der Waals surface area contributed by atoms with Gasteiger partial charge in [0.25, 0.3) is 5.91 Å². The van der Waals surface area contributed by atoms with E-state index in [9.17, 15) is 4.79 Å². The summed E-state index contributed by atoms with van der Waals surface area (Å²) >= 11 is 1.25. The molecule has 0 aliphatic carbocycles. The Hall–Kier alpha value is -1.96. The summed E-state index contributed by atoms with van der Waals surface area (Å²) in [5, 5.41) is 11.3. The van der Waals surface area contributed by atoms with Gasteiger partial charge >= 0.3 is 0 Å². The van der Waals surface area contributed by atoms with Gasteiger partial charge < -0.3 is 11.1 Å². The van der Waals surface area contributed by atoms with Crippen molar-refractivity contribution in [2.75, 3.05) is 12.3 Å². The number of H-pyrrole nitrogens is 1. The van der Waals surface area contributed by atoms with Gasteiger partial charge in [0.2, 0.25) is 0 Å². The smallest absolute Gasteiger partial charge is 0.270 e. The van der Waals surface area contributed by atoms with Gasteiger partial charge in [0.1, 0.15) is 17.8 Å². The fourth-order valence-electron chi connectivity index (χ4n) is 1.29. The van der Waals surface area contributed by atoms with E-state index in [4.69, 9.17) is 5.73 Å². The molecule has 0 bridgehead atoms. The molecule has 0 saturated carbocycles. The molecule has 0 aliphatic rings. The van der Waals surface area contributed by atoms with E-state index >= 15 is 0 Å². The lowest BCUT2D eigenvalue weighted by molar-refractivity contribution is 0.0949. The van der Waals surface area contributed by atoms with Gasteiger partial charge in [-0.2, -0.15) is 5.10 Å². The summed E-state index contributed by atoms with van der Waals surface area (Å²) in [6, 6.07) is 0. The van der Waals surface area contributed by atoms with E-state index in [1.807, 2.05) is 0 Å². The van der Waals surface area contributed by atoms with Crippen molar-refractivity contribution in [3.63, 3.8) is 0 Å². The van der Waals surface area contributed by atoms with Gasteiger partial charge in [-0.25, -0.2) is 9.97 Å². The Morgan fingerprint density at radius 1 is 1.59 bits per heavy atom. The van der Waals surface area contributed by atoms with Crippen LogP contribution in [0.3, 0.4) is 0 Å². The summed E-state index contributed by atoms with van der Waals surface area (Å²) in [7, 11) is 0. The normalized spacial score (nSPS) is 10.4. The number of rotatable bonds is 5. The molecule has 0 saturated heterocycles. The van der Waals surface area contributed by atoms with Crippen molar-refractivity contribution < 1.29 is 4.79 Å². The highest BCUT2D eigenvalue weighted by Gasteiger charge is 2.08. The number of carbonyl (C=O) groups is 1. The minimum atomic E-state index is -0.199. The molecule has 2 heterocycles. The molecule has 0 unspecified atom stereocenters. The van der Waals surface area contributed by atoms with Crippen LogP contribution in [-0.4, -0.2) is 32.6 Å². The van der Waals surface area contributed by atoms with Crippen molar-refractivity contribution in [2.24, 2.45) is 0 Å². The molecule has 2 aromatic heterocycles. The number of aryl methyl sites for hydroxylation is 1. The van der Waals surface area contributed by atoms with Crippen LogP contribution in [0.15, 0.2) is 11.7 Å². The molecule has 8 heteroatoms. The van der Waals surface area contributed by atoms with Crippen LogP contribution in [-0.2, 0) is 6.42 Å². The summed E-state index contributed by atoms with van der Waals surface area (Å²) in [6.07, 6.45) is 3.01. The Morgan fingerprint density at radius 3 is 3.12 bits per heavy atom. The summed E-state index contributed by atoms with van der Waals surface area (Å²) in [6.45, 7) is 0.566. The van der Waals surface area contributed by atoms with Gasteiger partial charge in [0, 0.05) is 18.3 Å². The number of carbonyl (C=O) groups excluding carboxylic acids is 1. The zero-order valence-corrected chi connectivity index (χ0v) is 9.83. The zero-order chi connectivity index (χ0) is 12.1. The average Bonchev–Trinajstić information content (AvgIpc) is 2.95. The topological polar surface area (TPSA) is 110 Å². The van der Waals surface area contributed by atoms with E-state index in [2.05, 4.69) is 25.5 Å². The number of anilines is 1. The number of nitrogens with two attached hydrogens (primary N) is 1. The summed E-state index contributed by atoms with van der Waals surface area (Å²) in [4.78, 5) is 19.4. The van der Waals surface area contributed by atoms with Crippen molar-refractivity contribution in [3.05, 3.63) is 23.2 Å². The van der Waals surface area contributed by atoms with E-state index < -0.39 is 0 Å². The Balaban J connectivity index is 1.70. The van der Waals surface area contributed by atoms with Crippen LogP contribution in [0.5, 0.6) is 0 Å². The molecule has 0 aromatic carbocycles. The monoisotopic (exact) mass is 252 g/mol. The number of aromatic amines is 1. The third-order valence-electron chi connectivity index (χ3n) is 2.10. The number of amides is 1. The minimum absolute atomic E-state index is 0.199. The molecular formula is C9H12N6OS. The molecule has 90 valence electrons. The maximum atomic E-state index is 11.6. The minimum Gasteiger partial charge on any atom is -0.375 e. The van der Waals surface area contributed by atoms with E-state index in [1.165, 1.54) is 17.7 Å². The number of hydrogen-bond acceptors (Lipinski definition) is 6.